The Kier molecular flexibility index (Phi) is 4.24. The van der Waals surface area contributed by atoms with Crippen molar-refractivity contribution in [2.75, 3.05) is 20.3 Å². The van der Waals surface area contributed by atoms with Crippen LogP contribution in [0.5, 0.6) is 5.75 Å². The molecule has 1 fully saturated rings. The Morgan fingerprint density at radius 1 is 1.35 bits per heavy atom. The van der Waals surface area contributed by atoms with E-state index in [0.29, 0.717) is 5.56 Å². The standard InChI is InChI=1S/C14H17NO5/c1-15(11-8-20-7-10(11)14(18)19)13(17)6-9-4-2-3-5-12(9)16/h2-5,10-11,16H,6-8H2,1H3,(H,18,19). The van der Waals surface area contributed by atoms with Crippen molar-refractivity contribution in [3.05, 3.63) is 29.8 Å². The van der Waals surface area contributed by atoms with E-state index in [1.165, 1.54) is 11.0 Å². The number of carboxylic acid groups (broad SMARTS) is 1. The minimum absolute atomic E-state index is 0.0337. The first-order valence-electron chi connectivity index (χ1n) is 6.33. The first-order valence-corrected chi connectivity index (χ1v) is 6.33. The molecule has 2 rings (SSSR count). The molecule has 0 radical (unpaired) electrons. The lowest BCUT2D eigenvalue weighted by Gasteiger charge is -2.26. The summed E-state index contributed by atoms with van der Waals surface area (Å²) >= 11 is 0. The smallest absolute Gasteiger partial charge is 0.311 e. The summed E-state index contributed by atoms with van der Waals surface area (Å²) in [5.41, 5.74) is 0.523. The Hall–Kier alpha value is -2.08. The fourth-order valence-corrected chi connectivity index (χ4v) is 2.29. The first-order chi connectivity index (χ1) is 9.50. The molecular formula is C14H17NO5. The molecule has 0 bridgehead atoms. The van der Waals surface area contributed by atoms with Crippen LogP contribution in [-0.2, 0) is 20.7 Å². The average molecular weight is 279 g/mol. The molecule has 2 unspecified atom stereocenters. The van der Waals surface area contributed by atoms with Crippen LogP contribution in [0.2, 0.25) is 0 Å². The molecule has 2 atom stereocenters. The van der Waals surface area contributed by atoms with Gasteiger partial charge in [-0.25, -0.2) is 0 Å². The number of carbonyl (C=O) groups excluding carboxylic acids is 1. The molecule has 1 amide bonds. The second kappa shape index (κ2) is 5.92. The van der Waals surface area contributed by atoms with Crippen molar-refractivity contribution in [1.29, 1.82) is 0 Å². The van der Waals surface area contributed by atoms with Gasteiger partial charge in [-0.2, -0.15) is 0 Å². The van der Waals surface area contributed by atoms with Gasteiger partial charge in [0, 0.05) is 12.6 Å². The minimum Gasteiger partial charge on any atom is -0.508 e. The van der Waals surface area contributed by atoms with E-state index in [1.807, 2.05) is 0 Å². The molecule has 0 saturated carbocycles. The van der Waals surface area contributed by atoms with Crippen molar-refractivity contribution in [3.8, 4) is 5.75 Å². The number of ether oxygens (including phenoxy) is 1. The molecule has 1 heterocycles. The predicted octanol–water partition coefficient (Wildman–Crippen LogP) is 0.493. The minimum atomic E-state index is -0.963. The lowest BCUT2D eigenvalue weighted by atomic mass is 10.0. The van der Waals surface area contributed by atoms with Gasteiger partial charge in [0.2, 0.25) is 5.91 Å². The van der Waals surface area contributed by atoms with Crippen LogP contribution in [0.1, 0.15) is 5.56 Å². The number of para-hydroxylation sites is 1. The highest BCUT2D eigenvalue weighted by Crippen LogP contribution is 2.21. The molecule has 6 nitrogen and oxygen atoms in total. The predicted molar refractivity (Wildman–Crippen MR) is 70.3 cm³/mol. The van der Waals surface area contributed by atoms with Gasteiger partial charge in [0.05, 0.1) is 25.7 Å². The Balaban J connectivity index is 2.05. The normalized spacial score (nSPS) is 21.6. The van der Waals surface area contributed by atoms with Crippen LogP contribution in [0, 0.1) is 5.92 Å². The van der Waals surface area contributed by atoms with Crippen molar-refractivity contribution in [1.82, 2.24) is 4.90 Å². The number of phenols is 1. The van der Waals surface area contributed by atoms with Gasteiger partial charge in [0.15, 0.2) is 0 Å². The molecule has 0 aromatic heterocycles. The Morgan fingerprint density at radius 3 is 2.70 bits per heavy atom. The van der Waals surface area contributed by atoms with Gasteiger partial charge in [-0.15, -0.1) is 0 Å². The summed E-state index contributed by atoms with van der Waals surface area (Å²) < 4.78 is 5.15. The molecule has 1 aromatic rings. The van der Waals surface area contributed by atoms with E-state index in [-0.39, 0.29) is 31.3 Å². The van der Waals surface area contributed by atoms with E-state index in [1.54, 1.807) is 25.2 Å². The van der Waals surface area contributed by atoms with E-state index >= 15 is 0 Å². The number of amides is 1. The van der Waals surface area contributed by atoms with Crippen molar-refractivity contribution in [3.63, 3.8) is 0 Å². The first kappa shape index (κ1) is 14.3. The summed E-state index contributed by atoms with van der Waals surface area (Å²) in [5.74, 6) is -1.84. The number of aliphatic carboxylic acids is 1. The number of carboxylic acids is 1. The molecule has 0 aliphatic carbocycles. The maximum Gasteiger partial charge on any atom is 0.311 e. The number of likely N-dealkylation sites (N-methyl/N-ethyl adjacent to an activating group) is 1. The van der Waals surface area contributed by atoms with Crippen LogP contribution >= 0.6 is 0 Å². The average Bonchev–Trinajstić information content (AvgIpc) is 2.89. The van der Waals surface area contributed by atoms with E-state index in [2.05, 4.69) is 0 Å². The second-order valence-corrected chi connectivity index (χ2v) is 4.86. The quantitative estimate of drug-likeness (QED) is 0.837. The number of benzene rings is 1. The largest absolute Gasteiger partial charge is 0.508 e. The summed E-state index contributed by atoms with van der Waals surface area (Å²) in [6, 6.07) is 6.13. The number of aromatic hydroxyl groups is 1. The molecule has 2 N–H and O–H groups in total. The molecule has 6 heteroatoms. The number of nitrogens with zero attached hydrogens (tertiary/aromatic N) is 1. The summed E-state index contributed by atoms with van der Waals surface area (Å²) in [7, 11) is 1.57. The number of rotatable bonds is 4. The van der Waals surface area contributed by atoms with E-state index < -0.39 is 17.9 Å². The molecule has 1 aliphatic heterocycles. The SMILES string of the molecule is CN(C(=O)Cc1ccccc1O)C1COCC1C(=O)O. The van der Waals surface area contributed by atoms with Crippen molar-refractivity contribution < 1.29 is 24.5 Å². The highest BCUT2D eigenvalue weighted by molar-refractivity contribution is 5.81. The summed E-state index contributed by atoms with van der Waals surface area (Å²) in [6.07, 6.45) is 0.0337. The van der Waals surface area contributed by atoms with Crippen LogP contribution in [0.4, 0.5) is 0 Å². The van der Waals surface area contributed by atoms with Gasteiger partial charge >= 0.3 is 5.97 Å². The maximum atomic E-state index is 12.2. The third-order valence-corrected chi connectivity index (χ3v) is 3.59. The van der Waals surface area contributed by atoms with E-state index in [4.69, 9.17) is 9.84 Å². The number of hydrogen-bond donors (Lipinski definition) is 2. The zero-order valence-corrected chi connectivity index (χ0v) is 11.2. The van der Waals surface area contributed by atoms with E-state index in [9.17, 15) is 14.7 Å². The van der Waals surface area contributed by atoms with Crippen LogP contribution in [0.25, 0.3) is 0 Å². The van der Waals surface area contributed by atoms with Crippen LogP contribution in [0.3, 0.4) is 0 Å². The van der Waals surface area contributed by atoms with Gasteiger partial charge in [0.1, 0.15) is 11.7 Å². The highest BCUT2D eigenvalue weighted by atomic mass is 16.5. The maximum absolute atomic E-state index is 12.2. The molecule has 108 valence electrons. The third kappa shape index (κ3) is 2.91. The van der Waals surface area contributed by atoms with Gasteiger partial charge in [-0.1, -0.05) is 18.2 Å². The zero-order valence-electron chi connectivity index (χ0n) is 11.2. The van der Waals surface area contributed by atoms with Crippen molar-refractivity contribution in [2.24, 2.45) is 5.92 Å². The topological polar surface area (TPSA) is 87.1 Å². The highest BCUT2D eigenvalue weighted by Gasteiger charge is 2.38. The van der Waals surface area contributed by atoms with Gasteiger partial charge in [0.25, 0.3) is 0 Å². The van der Waals surface area contributed by atoms with Crippen molar-refractivity contribution in [2.45, 2.75) is 12.5 Å². The molecule has 1 aliphatic rings. The van der Waals surface area contributed by atoms with Gasteiger partial charge in [-0.3, -0.25) is 9.59 Å². The molecule has 1 aromatic carbocycles. The fourth-order valence-electron chi connectivity index (χ4n) is 2.29. The Labute approximate surface area is 116 Å². The fraction of sp³-hybridized carbons (Fsp3) is 0.429. The second-order valence-electron chi connectivity index (χ2n) is 4.86. The third-order valence-electron chi connectivity index (χ3n) is 3.59. The van der Waals surface area contributed by atoms with E-state index in [0.717, 1.165) is 0 Å². The molecule has 1 saturated heterocycles. The van der Waals surface area contributed by atoms with Crippen LogP contribution in [-0.4, -0.2) is 53.3 Å². The van der Waals surface area contributed by atoms with Crippen LogP contribution in [0.15, 0.2) is 24.3 Å². The summed E-state index contributed by atoms with van der Waals surface area (Å²) in [6.45, 7) is 0.341. The number of carbonyl (C=O) groups is 2. The summed E-state index contributed by atoms with van der Waals surface area (Å²) in [4.78, 5) is 24.7. The Bertz CT molecular complexity index is 516. The number of hydrogen-bond acceptors (Lipinski definition) is 4. The van der Waals surface area contributed by atoms with Gasteiger partial charge in [-0.05, 0) is 6.07 Å². The lowest BCUT2D eigenvalue weighted by molar-refractivity contribution is -0.144. The monoisotopic (exact) mass is 279 g/mol. The lowest BCUT2D eigenvalue weighted by Crippen LogP contribution is -2.44. The van der Waals surface area contributed by atoms with Crippen LogP contribution < -0.4 is 0 Å². The number of phenolic OH excluding ortho intramolecular Hbond substituents is 1. The van der Waals surface area contributed by atoms with Crippen molar-refractivity contribution >= 4 is 11.9 Å². The zero-order chi connectivity index (χ0) is 14.7. The Morgan fingerprint density at radius 2 is 2.05 bits per heavy atom. The molecular weight excluding hydrogens is 262 g/mol. The molecule has 0 spiro atoms. The van der Waals surface area contributed by atoms with Gasteiger partial charge < -0.3 is 19.8 Å². The summed E-state index contributed by atoms with van der Waals surface area (Å²) in [5, 5.41) is 18.7. The molecule has 20 heavy (non-hydrogen) atoms.